The van der Waals surface area contributed by atoms with E-state index in [0.717, 1.165) is 24.2 Å². The molecule has 422 valence electrons. The molecule has 3 nitrogen and oxygen atoms in total. The number of rotatable bonds is 9. The SMILES string of the molecule is CN1/C(=C/C=C2\CCC(/C=C/C3=[N+](C)c4c(ccc5ccccc45)C3(C)C)=C2N(c2ccccc2)c2ccccc2)C(C)(C)c2ccc3ccccc3c21.FC(F)(F)C(F)(F)[P-](F)(F)(F)(C(F)(F)C(F)(F)F)C(F)(F)C(F)(F)F. The van der Waals surface area contributed by atoms with Gasteiger partial charge in [-0.05, 0) is 90.6 Å². The zero-order chi connectivity index (χ0) is 58.6. The van der Waals surface area contributed by atoms with Gasteiger partial charge in [0.2, 0.25) is 5.69 Å². The third-order valence-electron chi connectivity index (χ3n) is 15.1. The maximum absolute atomic E-state index is 15.0. The predicted octanol–water partition coefficient (Wildman–Crippen LogP) is 19.9. The average Bonchev–Trinajstić information content (AvgIpc) is 1.31. The van der Waals surface area contributed by atoms with Gasteiger partial charge in [0.15, 0.2) is 5.71 Å². The Labute approximate surface area is 441 Å². The molecule has 0 spiro atoms. The number of anilines is 3. The van der Waals surface area contributed by atoms with Crippen LogP contribution >= 0.6 is 6.88 Å². The van der Waals surface area contributed by atoms with Gasteiger partial charge >= 0.3 is 121 Å². The molecule has 2 aliphatic heterocycles. The number of alkyl halides is 15. The van der Waals surface area contributed by atoms with Crippen molar-refractivity contribution in [2.24, 2.45) is 0 Å². The summed E-state index contributed by atoms with van der Waals surface area (Å²) in [5.41, 5.74) is -15.2. The molecule has 0 amide bonds. The summed E-state index contributed by atoms with van der Waals surface area (Å²) in [6.45, 7) is -5.54. The van der Waals surface area contributed by atoms with Crippen molar-refractivity contribution in [3.8, 4) is 0 Å². The van der Waals surface area contributed by atoms with Gasteiger partial charge in [-0.2, -0.15) is 4.58 Å². The van der Waals surface area contributed by atoms with Gasteiger partial charge in [0, 0.05) is 46.6 Å². The second-order valence-corrected chi connectivity index (χ2v) is 24.7. The third-order valence-corrected chi connectivity index (χ3v) is 19.4. The standard InChI is InChI=1S/C51H48N3.C6F18P/c1-50(2)43-31-27-35-17-13-15-23-41(35)48(43)52(5)45(50)33-29-37-25-26-38(47(37)54(39-19-9-7-10-20-39)40-21-11-8-12-22-40)30-34-46-51(3,4)44-32-28-36-18-14-16-24-42(36)49(44)53(46)6;7-1(8,9)4(16,17)25(22,23,24,5(18,19)2(10,11)12)6(20,21)3(13,14)15/h7-24,27-34H,25-26H2,1-6H3;/q+1;-1. The first kappa shape index (κ1) is 58.4. The Morgan fingerprint density at radius 3 is 1.42 bits per heavy atom. The molecule has 9 rings (SSSR count). The first-order valence-corrected chi connectivity index (χ1v) is 26.4. The van der Waals surface area contributed by atoms with E-state index in [-0.39, 0.29) is 10.8 Å². The van der Waals surface area contributed by atoms with Gasteiger partial charge in [-0.3, -0.25) is 0 Å². The quantitative estimate of drug-likeness (QED) is 0.0811. The fraction of sp³-hybridized carbons (Fsp3) is 0.281. The van der Waals surface area contributed by atoms with Gasteiger partial charge < -0.3 is 9.80 Å². The van der Waals surface area contributed by atoms with Crippen LogP contribution in [0.4, 0.5) is 101 Å². The molecule has 2 heterocycles. The van der Waals surface area contributed by atoms with Crippen LogP contribution in [0.15, 0.2) is 180 Å². The number of nitrogens with zero attached hydrogens (tertiary/aromatic N) is 3. The molecule has 0 N–H and O–H groups in total. The van der Waals surface area contributed by atoms with E-state index < -0.39 is 42.4 Å². The summed E-state index contributed by atoms with van der Waals surface area (Å²) in [5.74, 6) is 0. The number of benzene rings is 6. The Morgan fingerprint density at radius 2 is 0.937 bits per heavy atom. The Morgan fingerprint density at radius 1 is 0.506 bits per heavy atom. The minimum absolute atomic E-state index is 0.136. The van der Waals surface area contributed by atoms with Gasteiger partial charge in [0.25, 0.3) is 0 Å². The molecule has 0 saturated heterocycles. The van der Waals surface area contributed by atoms with Crippen LogP contribution < -0.4 is 9.80 Å². The summed E-state index contributed by atoms with van der Waals surface area (Å²) < 4.78 is 225. The van der Waals surface area contributed by atoms with Crippen LogP contribution in [-0.4, -0.2) is 59.9 Å². The summed E-state index contributed by atoms with van der Waals surface area (Å²) in [6, 6.07) is 48.5. The van der Waals surface area contributed by atoms with Gasteiger partial charge in [0.1, 0.15) is 7.05 Å². The van der Waals surface area contributed by atoms with Crippen LogP contribution in [0.3, 0.4) is 0 Å². The van der Waals surface area contributed by atoms with Crippen LogP contribution in [0, 0.1) is 0 Å². The van der Waals surface area contributed by atoms with Crippen molar-refractivity contribution in [2.75, 3.05) is 23.9 Å². The summed E-state index contributed by atoms with van der Waals surface area (Å²) in [5, 5.41) is 5.18. The van der Waals surface area contributed by atoms with E-state index in [0.29, 0.717) is 0 Å². The van der Waals surface area contributed by atoms with E-state index in [2.05, 4.69) is 214 Å². The van der Waals surface area contributed by atoms with E-state index in [1.165, 1.54) is 72.3 Å². The summed E-state index contributed by atoms with van der Waals surface area (Å²) in [6.07, 6.45) is -14.6. The van der Waals surface area contributed by atoms with E-state index >= 15 is 0 Å². The molecule has 0 aromatic heterocycles. The van der Waals surface area contributed by atoms with Gasteiger partial charge in [-0.15, -0.1) is 0 Å². The molecular formula is C57H48F18N3P. The van der Waals surface area contributed by atoms with Crippen molar-refractivity contribution in [2.45, 2.75) is 86.9 Å². The Balaban J connectivity index is 0.000000279. The molecule has 6 aromatic rings. The molecule has 0 atom stereocenters. The number of fused-ring (bicyclic) bond motifs is 6. The van der Waals surface area contributed by atoms with E-state index in [9.17, 15) is 78.4 Å². The zero-order valence-electron chi connectivity index (χ0n) is 42.5. The molecule has 6 aromatic carbocycles. The number of halogens is 18. The fourth-order valence-corrected chi connectivity index (χ4v) is 13.5. The number of hydrogen-bond acceptors (Lipinski definition) is 2. The molecule has 0 fully saturated rings. The van der Waals surface area contributed by atoms with Crippen LogP contribution in [0.25, 0.3) is 21.5 Å². The molecule has 0 bridgehead atoms. The van der Waals surface area contributed by atoms with Gasteiger partial charge in [-0.1, -0.05) is 129 Å². The summed E-state index contributed by atoms with van der Waals surface area (Å²) >= 11 is 0. The first-order valence-electron chi connectivity index (χ1n) is 24.0. The van der Waals surface area contributed by atoms with Crippen molar-refractivity contribution >= 4 is 56.9 Å². The van der Waals surface area contributed by atoms with Crippen LogP contribution in [0.5, 0.6) is 0 Å². The van der Waals surface area contributed by atoms with Crippen molar-refractivity contribution in [3.63, 3.8) is 0 Å². The Bertz CT molecular complexity index is 3440. The number of hydrogen-bond donors (Lipinski definition) is 0. The van der Waals surface area contributed by atoms with Crippen molar-refractivity contribution in [3.05, 3.63) is 191 Å². The van der Waals surface area contributed by atoms with E-state index in [4.69, 9.17) is 0 Å². The van der Waals surface area contributed by atoms with Crippen LogP contribution in [-0.2, 0) is 10.8 Å². The first-order chi connectivity index (χ1) is 36.2. The normalized spacial score (nSPS) is 19.1. The van der Waals surface area contributed by atoms with E-state index in [1.54, 1.807) is 0 Å². The zero-order valence-corrected chi connectivity index (χ0v) is 43.4. The Hall–Kier alpha value is -6.76. The fourth-order valence-electron chi connectivity index (χ4n) is 10.8. The Kier molecular flexibility index (Phi) is 13.6. The van der Waals surface area contributed by atoms with Crippen molar-refractivity contribution in [1.29, 1.82) is 0 Å². The average molecular weight is 1150 g/mol. The second-order valence-electron chi connectivity index (χ2n) is 20.5. The van der Waals surface area contributed by atoms with Crippen LogP contribution in [0.2, 0.25) is 0 Å². The van der Waals surface area contributed by atoms with Gasteiger partial charge in [-0.25, -0.2) is 0 Å². The minimum atomic E-state index is -15.0. The van der Waals surface area contributed by atoms with Crippen molar-refractivity contribution < 1.29 is 83.0 Å². The predicted molar refractivity (Wildman–Crippen MR) is 273 cm³/mol. The third kappa shape index (κ3) is 8.19. The number of likely N-dealkylation sites (N-methyl/N-ethyl adjacent to an activating group) is 1. The van der Waals surface area contributed by atoms with E-state index in [1.807, 2.05) is 0 Å². The number of allylic oxidation sites excluding steroid dienone is 7. The molecule has 0 saturated carbocycles. The monoisotopic (exact) mass is 1150 g/mol. The summed E-state index contributed by atoms with van der Waals surface area (Å²) in [4.78, 5) is 4.90. The number of para-hydroxylation sites is 2. The second kappa shape index (κ2) is 18.4. The molecule has 0 radical (unpaired) electrons. The van der Waals surface area contributed by atoms with Gasteiger partial charge in [0.05, 0.1) is 22.2 Å². The van der Waals surface area contributed by atoms with Crippen LogP contribution in [0.1, 0.15) is 51.7 Å². The topological polar surface area (TPSA) is 9.49 Å². The maximum atomic E-state index is 13.4. The molecule has 3 aliphatic rings. The summed E-state index contributed by atoms with van der Waals surface area (Å²) in [7, 11) is 4.48. The molecular weight excluding hydrogens is 1100 g/mol. The molecule has 22 heteroatoms. The molecule has 1 aliphatic carbocycles. The molecule has 0 unspecified atom stereocenters. The molecule has 79 heavy (non-hydrogen) atoms. The van der Waals surface area contributed by atoms with Crippen molar-refractivity contribution in [1.82, 2.24) is 0 Å².